The van der Waals surface area contributed by atoms with Gasteiger partial charge in [-0.15, -0.1) is 0 Å². The molecule has 3 nitrogen and oxygen atoms in total. The van der Waals surface area contributed by atoms with Gasteiger partial charge in [0.2, 0.25) is 0 Å². The highest BCUT2D eigenvalue weighted by Crippen LogP contribution is 2.19. The Morgan fingerprint density at radius 2 is 2.27 bits per heavy atom. The monoisotopic (exact) mass is 221 g/mol. The number of H-pyrrole nitrogens is 1. The molecule has 4 heteroatoms. The summed E-state index contributed by atoms with van der Waals surface area (Å²) < 4.78 is 0. The van der Waals surface area contributed by atoms with Crippen LogP contribution in [-0.4, -0.2) is 29.3 Å². The number of thioether (sulfide) groups is 1. The minimum absolute atomic E-state index is 1.02. The van der Waals surface area contributed by atoms with Crippen molar-refractivity contribution in [3.8, 4) is 0 Å². The fourth-order valence-corrected chi connectivity index (χ4v) is 2.24. The molecule has 0 atom stereocenters. The molecule has 0 aliphatic carbocycles. The second-order valence-electron chi connectivity index (χ2n) is 3.36. The number of nitrogens with one attached hydrogen (secondary N) is 2. The number of fused-ring (bicyclic) bond motifs is 1. The normalized spacial score (nSPS) is 11.0. The lowest BCUT2D eigenvalue weighted by molar-refractivity contribution is 0.777. The highest BCUT2D eigenvalue weighted by atomic mass is 32.2. The number of imidazole rings is 1. The Hall–Kier alpha value is -1.00. The number of hydrogen-bond acceptors (Lipinski definition) is 3. The first kappa shape index (κ1) is 10.5. The Morgan fingerprint density at radius 3 is 3.07 bits per heavy atom. The van der Waals surface area contributed by atoms with Crippen LogP contribution in [0.15, 0.2) is 29.4 Å². The molecule has 0 radical (unpaired) electrons. The summed E-state index contributed by atoms with van der Waals surface area (Å²) in [6, 6.07) is 8.12. The highest BCUT2D eigenvalue weighted by Gasteiger charge is 2.01. The second kappa shape index (κ2) is 5.19. The first-order valence-electron chi connectivity index (χ1n) is 5.12. The molecular formula is C11H15N3S. The van der Waals surface area contributed by atoms with Gasteiger partial charge in [-0.2, -0.15) is 0 Å². The van der Waals surface area contributed by atoms with Crippen molar-refractivity contribution in [1.82, 2.24) is 15.3 Å². The Balaban J connectivity index is 1.97. The third-order valence-corrected chi connectivity index (χ3v) is 3.14. The van der Waals surface area contributed by atoms with Crippen LogP contribution in [0.1, 0.15) is 6.42 Å². The van der Waals surface area contributed by atoms with Crippen molar-refractivity contribution < 1.29 is 0 Å². The van der Waals surface area contributed by atoms with Crippen LogP contribution in [0, 0.1) is 0 Å². The van der Waals surface area contributed by atoms with Crippen LogP contribution in [0.5, 0.6) is 0 Å². The molecule has 0 bridgehead atoms. The van der Waals surface area contributed by atoms with Crippen LogP contribution in [0.25, 0.3) is 11.0 Å². The van der Waals surface area contributed by atoms with E-state index in [9.17, 15) is 0 Å². The molecule has 0 spiro atoms. The van der Waals surface area contributed by atoms with Gasteiger partial charge in [0.25, 0.3) is 0 Å². The summed E-state index contributed by atoms with van der Waals surface area (Å²) in [7, 11) is 1.98. The van der Waals surface area contributed by atoms with Crippen LogP contribution >= 0.6 is 11.8 Å². The molecule has 1 aromatic carbocycles. The number of para-hydroxylation sites is 2. The Morgan fingerprint density at radius 1 is 1.40 bits per heavy atom. The molecule has 0 aliphatic rings. The summed E-state index contributed by atoms with van der Waals surface area (Å²) in [6.07, 6.45) is 1.16. The number of nitrogens with zero attached hydrogens (tertiary/aromatic N) is 1. The third kappa shape index (κ3) is 2.73. The van der Waals surface area contributed by atoms with Crippen LogP contribution in [0.2, 0.25) is 0 Å². The molecule has 0 fully saturated rings. The van der Waals surface area contributed by atoms with E-state index in [1.165, 1.54) is 0 Å². The molecule has 0 saturated carbocycles. The van der Waals surface area contributed by atoms with Gasteiger partial charge in [0, 0.05) is 5.75 Å². The first-order chi connectivity index (χ1) is 7.40. The standard InChI is InChI=1S/C11H15N3S/c1-12-7-4-8-15-11-13-9-5-2-3-6-10(9)14-11/h2-3,5-6,12H,4,7-8H2,1H3,(H,13,14). The van der Waals surface area contributed by atoms with E-state index in [1.807, 2.05) is 25.2 Å². The van der Waals surface area contributed by atoms with E-state index < -0.39 is 0 Å². The molecule has 80 valence electrons. The molecule has 0 amide bonds. The molecule has 2 aromatic rings. The summed E-state index contributed by atoms with van der Waals surface area (Å²) in [5.41, 5.74) is 2.17. The zero-order valence-corrected chi connectivity index (χ0v) is 9.60. The lowest BCUT2D eigenvalue weighted by atomic mass is 10.3. The first-order valence-corrected chi connectivity index (χ1v) is 6.11. The molecule has 0 aliphatic heterocycles. The van der Waals surface area contributed by atoms with E-state index in [0.717, 1.165) is 34.9 Å². The molecular weight excluding hydrogens is 206 g/mol. The summed E-state index contributed by atoms with van der Waals surface area (Å²) >= 11 is 1.78. The predicted octanol–water partition coefficient (Wildman–Crippen LogP) is 2.26. The van der Waals surface area contributed by atoms with Gasteiger partial charge in [0.1, 0.15) is 0 Å². The van der Waals surface area contributed by atoms with Crippen LogP contribution in [-0.2, 0) is 0 Å². The molecule has 0 saturated heterocycles. The van der Waals surface area contributed by atoms with Gasteiger partial charge in [0.05, 0.1) is 11.0 Å². The summed E-state index contributed by atoms with van der Waals surface area (Å²) in [5.74, 6) is 1.10. The molecule has 2 N–H and O–H groups in total. The van der Waals surface area contributed by atoms with E-state index >= 15 is 0 Å². The fourth-order valence-electron chi connectivity index (χ4n) is 1.42. The second-order valence-corrected chi connectivity index (χ2v) is 4.45. The van der Waals surface area contributed by atoms with Gasteiger partial charge >= 0.3 is 0 Å². The topological polar surface area (TPSA) is 40.7 Å². The van der Waals surface area contributed by atoms with Crippen molar-refractivity contribution in [3.63, 3.8) is 0 Å². The van der Waals surface area contributed by atoms with E-state index in [4.69, 9.17) is 0 Å². The van der Waals surface area contributed by atoms with Gasteiger partial charge in [-0.25, -0.2) is 4.98 Å². The van der Waals surface area contributed by atoms with Gasteiger partial charge in [0.15, 0.2) is 5.16 Å². The Labute approximate surface area is 93.7 Å². The van der Waals surface area contributed by atoms with E-state index in [2.05, 4.69) is 21.4 Å². The maximum absolute atomic E-state index is 4.50. The minimum Gasteiger partial charge on any atom is -0.333 e. The lowest BCUT2D eigenvalue weighted by Gasteiger charge is -1.96. The largest absolute Gasteiger partial charge is 0.333 e. The van der Waals surface area contributed by atoms with E-state index in [0.29, 0.717) is 0 Å². The number of benzene rings is 1. The third-order valence-electron chi connectivity index (χ3n) is 2.18. The van der Waals surface area contributed by atoms with Crippen molar-refractivity contribution in [3.05, 3.63) is 24.3 Å². The average Bonchev–Trinajstić information content (AvgIpc) is 2.67. The number of rotatable bonds is 5. The smallest absolute Gasteiger partial charge is 0.166 e. The zero-order valence-electron chi connectivity index (χ0n) is 8.79. The van der Waals surface area contributed by atoms with E-state index in [1.54, 1.807) is 11.8 Å². The van der Waals surface area contributed by atoms with Gasteiger partial charge in [-0.3, -0.25) is 0 Å². The number of aromatic nitrogens is 2. The highest BCUT2D eigenvalue weighted by molar-refractivity contribution is 7.99. The fraction of sp³-hybridized carbons (Fsp3) is 0.364. The molecule has 15 heavy (non-hydrogen) atoms. The molecule has 1 heterocycles. The zero-order chi connectivity index (χ0) is 10.5. The van der Waals surface area contributed by atoms with Crippen molar-refractivity contribution in [2.24, 2.45) is 0 Å². The SMILES string of the molecule is CNCCCSc1nc2ccccc2[nH]1. The predicted molar refractivity (Wildman–Crippen MR) is 65.4 cm³/mol. The van der Waals surface area contributed by atoms with Crippen molar-refractivity contribution in [1.29, 1.82) is 0 Å². The Kier molecular flexibility index (Phi) is 3.64. The van der Waals surface area contributed by atoms with Crippen LogP contribution in [0.3, 0.4) is 0 Å². The maximum atomic E-state index is 4.50. The maximum Gasteiger partial charge on any atom is 0.166 e. The summed E-state index contributed by atoms with van der Waals surface area (Å²) in [5, 5.41) is 4.16. The number of aromatic amines is 1. The molecule has 1 aromatic heterocycles. The van der Waals surface area contributed by atoms with Crippen LogP contribution in [0.4, 0.5) is 0 Å². The van der Waals surface area contributed by atoms with Crippen molar-refractivity contribution in [2.75, 3.05) is 19.3 Å². The van der Waals surface area contributed by atoms with E-state index in [-0.39, 0.29) is 0 Å². The van der Waals surface area contributed by atoms with Crippen molar-refractivity contribution in [2.45, 2.75) is 11.6 Å². The lowest BCUT2D eigenvalue weighted by Crippen LogP contribution is -2.08. The van der Waals surface area contributed by atoms with Gasteiger partial charge < -0.3 is 10.3 Å². The van der Waals surface area contributed by atoms with Gasteiger partial charge in [-0.05, 0) is 32.1 Å². The van der Waals surface area contributed by atoms with Gasteiger partial charge in [-0.1, -0.05) is 23.9 Å². The Bertz CT molecular complexity index is 391. The summed E-state index contributed by atoms with van der Waals surface area (Å²) in [4.78, 5) is 7.80. The average molecular weight is 221 g/mol. The molecule has 0 unspecified atom stereocenters. The van der Waals surface area contributed by atoms with Crippen LogP contribution < -0.4 is 5.32 Å². The summed E-state index contributed by atoms with van der Waals surface area (Å²) in [6.45, 7) is 1.06. The quantitative estimate of drug-likeness (QED) is 0.601. The molecule has 2 rings (SSSR count). The minimum atomic E-state index is 1.02. The van der Waals surface area contributed by atoms with Crippen molar-refractivity contribution >= 4 is 22.8 Å². The number of hydrogen-bond donors (Lipinski definition) is 2.